The summed E-state index contributed by atoms with van der Waals surface area (Å²) in [6, 6.07) is 19.8. The van der Waals surface area contributed by atoms with Crippen molar-refractivity contribution < 1.29 is 9.26 Å². The third kappa shape index (κ3) is 4.08. The molecule has 35 heavy (non-hydrogen) atoms. The number of methoxy groups -OCH3 is 1. The number of rotatable bonds is 7. The second-order valence-electron chi connectivity index (χ2n) is 8.46. The Labute approximate surface area is 206 Å². The first-order valence-corrected chi connectivity index (χ1v) is 12.1. The lowest BCUT2D eigenvalue weighted by atomic mass is 10.1. The summed E-state index contributed by atoms with van der Waals surface area (Å²) < 4.78 is 12.8. The molecule has 0 unspecified atom stereocenters. The number of nitrogens with zero attached hydrogens (tertiary/aromatic N) is 6. The lowest BCUT2D eigenvalue weighted by Crippen LogP contribution is -2.06. The summed E-state index contributed by atoms with van der Waals surface area (Å²) in [6.45, 7) is 2.06. The van der Waals surface area contributed by atoms with Crippen molar-refractivity contribution >= 4 is 11.8 Å². The summed E-state index contributed by atoms with van der Waals surface area (Å²) in [7, 11) is 1.66. The van der Waals surface area contributed by atoms with E-state index in [0.717, 1.165) is 46.4 Å². The van der Waals surface area contributed by atoms with E-state index in [1.54, 1.807) is 31.3 Å². The van der Waals surface area contributed by atoms with E-state index in [4.69, 9.17) is 14.2 Å². The van der Waals surface area contributed by atoms with Crippen LogP contribution in [0.25, 0.3) is 28.5 Å². The SMILES string of the molecule is COc1ccc(-n2c(SC3(c4nc(-c5ccc(C)cc5)no4)CC3)nnc2-c2ccncc2)cc1. The Hall–Kier alpha value is -3.98. The molecule has 0 aliphatic heterocycles. The van der Waals surface area contributed by atoms with Crippen LogP contribution in [-0.2, 0) is 4.75 Å². The van der Waals surface area contributed by atoms with E-state index in [1.165, 1.54) is 5.56 Å². The second kappa shape index (κ2) is 8.66. The van der Waals surface area contributed by atoms with Gasteiger partial charge in [0, 0.05) is 29.2 Å². The maximum Gasteiger partial charge on any atom is 0.243 e. The van der Waals surface area contributed by atoms with Crippen molar-refractivity contribution in [3.8, 4) is 34.2 Å². The molecule has 1 fully saturated rings. The van der Waals surface area contributed by atoms with E-state index in [1.807, 2.05) is 60.7 Å². The van der Waals surface area contributed by atoms with Crippen LogP contribution in [0, 0.1) is 6.92 Å². The predicted molar refractivity (Wildman–Crippen MR) is 132 cm³/mol. The van der Waals surface area contributed by atoms with Gasteiger partial charge in [-0.25, -0.2) is 0 Å². The first-order chi connectivity index (χ1) is 17.1. The molecule has 3 aromatic heterocycles. The standard InChI is InChI=1S/C26H22N6O2S/c1-17-3-5-18(6-4-17)22-28-24(34-31-22)26(13-14-26)35-25-30-29-23(19-11-15-27-16-12-19)32(25)20-7-9-21(33-2)10-8-20/h3-12,15-16H,13-14H2,1-2H3. The summed E-state index contributed by atoms with van der Waals surface area (Å²) in [4.78, 5) is 8.89. The van der Waals surface area contributed by atoms with Gasteiger partial charge in [-0.3, -0.25) is 9.55 Å². The molecular weight excluding hydrogens is 460 g/mol. The van der Waals surface area contributed by atoms with Gasteiger partial charge in [-0.05, 0) is 56.2 Å². The number of aryl methyl sites for hydroxylation is 1. The van der Waals surface area contributed by atoms with E-state index in [-0.39, 0.29) is 4.75 Å². The van der Waals surface area contributed by atoms with Crippen LogP contribution in [0.4, 0.5) is 0 Å². The predicted octanol–water partition coefficient (Wildman–Crippen LogP) is 5.48. The summed E-state index contributed by atoms with van der Waals surface area (Å²) >= 11 is 1.61. The van der Waals surface area contributed by atoms with Crippen molar-refractivity contribution in [2.45, 2.75) is 29.7 Å². The number of ether oxygens (including phenoxy) is 1. The highest BCUT2D eigenvalue weighted by Crippen LogP contribution is 2.59. The van der Waals surface area contributed by atoms with Crippen molar-refractivity contribution in [1.82, 2.24) is 29.9 Å². The van der Waals surface area contributed by atoms with Gasteiger partial charge in [0.05, 0.1) is 7.11 Å². The lowest BCUT2D eigenvalue weighted by Gasteiger charge is -2.13. The average Bonchev–Trinajstić information content (AvgIpc) is 3.31. The van der Waals surface area contributed by atoms with E-state index in [2.05, 4.69) is 31.8 Å². The number of benzene rings is 2. The molecule has 1 aliphatic carbocycles. The minimum Gasteiger partial charge on any atom is -0.497 e. The fraction of sp³-hybridized carbons (Fsp3) is 0.192. The highest BCUT2D eigenvalue weighted by molar-refractivity contribution is 8.00. The van der Waals surface area contributed by atoms with Gasteiger partial charge >= 0.3 is 0 Å². The third-order valence-corrected chi connectivity index (χ3v) is 7.44. The molecule has 0 bridgehead atoms. The molecule has 3 heterocycles. The maximum atomic E-state index is 5.75. The average molecular weight is 483 g/mol. The number of aromatic nitrogens is 6. The first-order valence-electron chi connectivity index (χ1n) is 11.3. The van der Waals surface area contributed by atoms with Gasteiger partial charge in [0.25, 0.3) is 0 Å². The zero-order chi connectivity index (χ0) is 23.8. The molecule has 0 atom stereocenters. The fourth-order valence-corrected chi connectivity index (χ4v) is 5.06. The number of thioether (sulfide) groups is 1. The molecule has 8 nitrogen and oxygen atoms in total. The van der Waals surface area contributed by atoms with E-state index < -0.39 is 0 Å². The normalized spacial score (nSPS) is 14.1. The van der Waals surface area contributed by atoms with Gasteiger partial charge < -0.3 is 9.26 Å². The minimum absolute atomic E-state index is 0.317. The van der Waals surface area contributed by atoms with Gasteiger partial charge in [-0.2, -0.15) is 4.98 Å². The quantitative estimate of drug-likeness (QED) is 0.301. The van der Waals surface area contributed by atoms with Gasteiger partial charge in [-0.1, -0.05) is 46.7 Å². The van der Waals surface area contributed by atoms with Crippen molar-refractivity contribution in [2.24, 2.45) is 0 Å². The second-order valence-corrected chi connectivity index (χ2v) is 9.81. The first kappa shape index (κ1) is 21.5. The van der Waals surface area contributed by atoms with Crippen LogP contribution in [0.3, 0.4) is 0 Å². The molecule has 1 aliphatic rings. The molecule has 0 spiro atoms. The minimum atomic E-state index is -0.317. The molecule has 1 saturated carbocycles. The molecule has 6 rings (SSSR count). The molecule has 9 heteroatoms. The summed E-state index contributed by atoms with van der Waals surface area (Å²) in [5.41, 5.74) is 3.99. The Kier molecular flexibility index (Phi) is 5.33. The highest BCUT2D eigenvalue weighted by atomic mass is 32.2. The fourth-order valence-electron chi connectivity index (χ4n) is 3.86. The molecule has 0 saturated heterocycles. The van der Waals surface area contributed by atoms with Crippen molar-refractivity contribution in [1.29, 1.82) is 0 Å². The van der Waals surface area contributed by atoms with Gasteiger partial charge in [0.1, 0.15) is 10.5 Å². The highest BCUT2D eigenvalue weighted by Gasteiger charge is 2.52. The number of hydrogen-bond donors (Lipinski definition) is 0. The third-order valence-electron chi connectivity index (χ3n) is 6.02. The molecular formula is C26H22N6O2S. The monoisotopic (exact) mass is 482 g/mol. The Morgan fingerprint density at radius 3 is 2.34 bits per heavy atom. The van der Waals surface area contributed by atoms with Crippen LogP contribution in [0.2, 0.25) is 0 Å². The van der Waals surface area contributed by atoms with Crippen LogP contribution >= 0.6 is 11.8 Å². The van der Waals surface area contributed by atoms with Crippen LogP contribution < -0.4 is 4.74 Å². The Morgan fingerprint density at radius 1 is 0.914 bits per heavy atom. The maximum absolute atomic E-state index is 5.75. The Balaban J connectivity index is 1.37. The molecule has 174 valence electrons. The summed E-state index contributed by atoms with van der Waals surface area (Å²) in [6.07, 6.45) is 5.35. The van der Waals surface area contributed by atoms with Crippen molar-refractivity contribution in [3.63, 3.8) is 0 Å². The number of pyridine rings is 1. The van der Waals surface area contributed by atoms with Crippen LogP contribution in [-0.4, -0.2) is 37.0 Å². The van der Waals surface area contributed by atoms with Crippen LogP contribution in [0.1, 0.15) is 24.3 Å². The largest absolute Gasteiger partial charge is 0.497 e. The smallest absolute Gasteiger partial charge is 0.243 e. The van der Waals surface area contributed by atoms with Gasteiger partial charge in [-0.15, -0.1) is 10.2 Å². The molecule has 0 radical (unpaired) electrons. The van der Waals surface area contributed by atoms with Crippen molar-refractivity contribution in [2.75, 3.05) is 7.11 Å². The van der Waals surface area contributed by atoms with E-state index in [0.29, 0.717) is 11.7 Å². The van der Waals surface area contributed by atoms with E-state index >= 15 is 0 Å². The number of hydrogen-bond acceptors (Lipinski definition) is 8. The lowest BCUT2D eigenvalue weighted by molar-refractivity contribution is 0.373. The van der Waals surface area contributed by atoms with Gasteiger partial charge in [0.2, 0.25) is 11.7 Å². The molecule has 5 aromatic rings. The Bertz CT molecular complexity index is 1460. The summed E-state index contributed by atoms with van der Waals surface area (Å²) in [5, 5.41) is 14.1. The summed E-state index contributed by atoms with van der Waals surface area (Å²) in [5.74, 6) is 2.74. The van der Waals surface area contributed by atoms with E-state index in [9.17, 15) is 0 Å². The Morgan fingerprint density at radius 2 is 1.66 bits per heavy atom. The molecule has 0 N–H and O–H groups in total. The van der Waals surface area contributed by atoms with Crippen LogP contribution in [0.5, 0.6) is 5.75 Å². The molecule has 2 aromatic carbocycles. The van der Waals surface area contributed by atoms with Gasteiger partial charge in [0.15, 0.2) is 11.0 Å². The zero-order valence-electron chi connectivity index (χ0n) is 19.3. The van der Waals surface area contributed by atoms with Crippen LogP contribution in [0.15, 0.2) is 82.7 Å². The zero-order valence-corrected chi connectivity index (χ0v) is 20.1. The molecule has 0 amide bonds. The topological polar surface area (TPSA) is 91.8 Å². The van der Waals surface area contributed by atoms with Crippen molar-refractivity contribution in [3.05, 3.63) is 84.5 Å².